The third-order valence-corrected chi connectivity index (χ3v) is 5.96. The molecule has 0 amide bonds. The van der Waals surface area contributed by atoms with Gasteiger partial charge in [-0.2, -0.15) is 0 Å². The van der Waals surface area contributed by atoms with Crippen molar-refractivity contribution in [2.24, 2.45) is 0 Å². The molecule has 0 heterocycles. The van der Waals surface area contributed by atoms with E-state index in [2.05, 4.69) is 12.2 Å². The summed E-state index contributed by atoms with van der Waals surface area (Å²) in [5.41, 5.74) is 1.61. The monoisotopic (exact) mass is 417 g/mol. The summed E-state index contributed by atoms with van der Waals surface area (Å²) in [6.45, 7) is 2.84. The molecular weight excluding hydrogens is 370 g/mol. The van der Waals surface area contributed by atoms with Crippen LogP contribution in [0.1, 0.15) is 126 Å². The minimum Gasteiger partial charge on any atom is -0.388 e. The number of Topliss-reactive ketones (excluding diaryl/α,β-unsaturated/α-hetero) is 1. The van der Waals surface area contributed by atoms with E-state index in [1.807, 2.05) is 12.1 Å². The fourth-order valence-corrected chi connectivity index (χ4v) is 3.95. The Morgan fingerprint density at radius 1 is 0.667 bits per heavy atom. The molecule has 0 bridgehead atoms. The molecule has 0 aliphatic rings. The number of ketones is 1. The van der Waals surface area contributed by atoms with Crippen LogP contribution in [0, 0.1) is 0 Å². The molecule has 0 spiro atoms. The highest BCUT2D eigenvalue weighted by Gasteiger charge is 2.03. The van der Waals surface area contributed by atoms with E-state index in [0.717, 1.165) is 12.2 Å². The van der Waals surface area contributed by atoms with Crippen molar-refractivity contribution in [2.75, 3.05) is 18.5 Å². The summed E-state index contributed by atoms with van der Waals surface area (Å²) in [4.78, 5) is 11.4. The molecule has 0 saturated carbocycles. The van der Waals surface area contributed by atoms with Gasteiger partial charge < -0.3 is 10.4 Å². The first-order chi connectivity index (χ1) is 14.8. The van der Waals surface area contributed by atoms with E-state index in [4.69, 9.17) is 5.11 Å². The summed E-state index contributed by atoms with van der Waals surface area (Å²) in [6, 6.07) is 7.37. The van der Waals surface area contributed by atoms with Crippen LogP contribution in [0.5, 0.6) is 0 Å². The van der Waals surface area contributed by atoms with Gasteiger partial charge in [0.2, 0.25) is 0 Å². The van der Waals surface area contributed by atoms with Gasteiger partial charge in [-0.3, -0.25) is 4.79 Å². The van der Waals surface area contributed by atoms with E-state index >= 15 is 0 Å². The number of hydrogen-bond donors (Lipinski definition) is 2. The first-order valence-electron chi connectivity index (χ1n) is 12.8. The molecule has 0 aromatic heterocycles. The van der Waals surface area contributed by atoms with E-state index in [1.54, 1.807) is 12.1 Å². The largest absolute Gasteiger partial charge is 0.388 e. The minimum atomic E-state index is -0.425. The Balaban J connectivity index is 1.80. The number of hydrogen-bond acceptors (Lipinski definition) is 3. The van der Waals surface area contributed by atoms with Crippen molar-refractivity contribution in [1.82, 2.24) is 0 Å². The Bertz CT molecular complexity index is 512. The highest BCUT2D eigenvalue weighted by Crippen LogP contribution is 2.14. The highest BCUT2D eigenvalue weighted by atomic mass is 16.3. The van der Waals surface area contributed by atoms with Crippen molar-refractivity contribution in [3.63, 3.8) is 0 Å². The fourth-order valence-electron chi connectivity index (χ4n) is 3.95. The predicted molar refractivity (Wildman–Crippen MR) is 131 cm³/mol. The van der Waals surface area contributed by atoms with Gasteiger partial charge in [0.05, 0.1) is 0 Å². The lowest BCUT2D eigenvalue weighted by Gasteiger charge is -2.07. The highest BCUT2D eigenvalue weighted by molar-refractivity contribution is 5.97. The van der Waals surface area contributed by atoms with Crippen LogP contribution < -0.4 is 5.32 Å². The lowest BCUT2D eigenvalue weighted by molar-refractivity contribution is 0.0904. The van der Waals surface area contributed by atoms with Crippen molar-refractivity contribution < 1.29 is 9.90 Å². The maximum Gasteiger partial charge on any atom is 0.188 e. The molecule has 1 rings (SSSR count). The Kier molecular flexibility index (Phi) is 17.4. The van der Waals surface area contributed by atoms with Crippen LogP contribution in [-0.2, 0) is 0 Å². The van der Waals surface area contributed by atoms with Gasteiger partial charge in [0, 0.05) is 17.8 Å². The number of benzene rings is 1. The van der Waals surface area contributed by atoms with Crippen molar-refractivity contribution in [3.8, 4) is 0 Å². The number of rotatable bonds is 21. The van der Waals surface area contributed by atoms with Crippen LogP contribution in [-0.4, -0.2) is 24.0 Å². The quantitative estimate of drug-likeness (QED) is 0.158. The Morgan fingerprint density at radius 3 is 1.47 bits per heavy atom. The average molecular weight is 418 g/mol. The number of carbonyl (C=O) groups is 1. The molecule has 0 fully saturated rings. The zero-order valence-electron chi connectivity index (χ0n) is 19.6. The number of carbonyl (C=O) groups excluding carboxylic acids is 1. The molecule has 3 heteroatoms. The van der Waals surface area contributed by atoms with Crippen LogP contribution in [0.15, 0.2) is 24.3 Å². The first kappa shape index (κ1) is 26.7. The summed E-state index contributed by atoms with van der Waals surface area (Å²) in [5.74, 6) is -0.227. The van der Waals surface area contributed by atoms with Crippen LogP contribution >= 0.6 is 0 Å². The number of aliphatic hydroxyl groups excluding tert-OH is 1. The third-order valence-electron chi connectivity index (χ3n) is 5.96. The summed E-state index contributed by atoms with van der Waals surface area (Å²) < 4.78 is 0. The number of unbranched alkanes of at least 4 members (excludes halogenated alkanes) is 16. The lowest BCUT2D eigenvalue weighted by atomic mass is 10.0. The average Bonchev–Trinajstić information content (AvgIpc) is 2.78. The van der Waals surface area contributed by atoms with Gasteiger partial charge in [0.15, 0.2) is 5.78 Å². The molecule has 3 nitrogen and oxygen atoms in total. The van der Waals surface area contributed by atoms with Gasteiger partial charge in [-0.1, -0.05) is 110 Å². The van der Waals surface area contributed by atoms with Crippen LogP contribution in [0.3, 0.4) is 0 Å². The molecule has 1 aromatic carbocycles. The van der Waals surface area contributed by atoms with E-state index in [0.29, 0.717) is 5.56 Å². The van der Waals surface area contributed by atoms with Crippen molar-refractivity contribution in [2.45, 2.75) is 116 Å². The van der Waals surface area contributed by atoms with Crippen LogP contribution in [0.4, 0.5) is 5.69 Å². The molecule has 0 radical (unpaired) electrons. The van der Waals surface area contributed by atoms with Gasteiger partial charge in [-0.15, -0.1) is 0 Å². The van der Waals surface area contributed by atoms with Gasteiger partial charge in [0.25, 0.3) is 0 Å². The van der Waals surface area contributed by atoms with Gasteiger partial charge >= 0.3 is 0 Å². The zero-order valence-corrected chi connectivity index (χ0v) is 19.6. The predicted octanol–water partition coefficient (Wildman–Crippen LogP) is 7.93. The molecule has 0 aliphatic heterocycles. The molecule has 0 unspecified atom stereocenters. The normalized spacial score (nSPS) is 11.0. The molecule has 1 aromatic rings. The molecule has 2 N–H and O–H groups in total. The summed E-state index contributed by atoms with van der Waals surface area (Å²) in [7, 11) is 0. The summed E-state index contributed by atoms with van der Waals surface area (Å²) in [6.07, 6.45) is 23.7. The number of anilines is 1. The Labute approximate surface area is 186 Å². The third kappa shape index (κ3) is 14.6. The maximum absolute atomic E-state index is 11.4. The van der Waals surface area contributed by atoms with Crippen molar-refractivity contribution >= 4 is 11.5 Å². The second-order valence-corrected chi connectivity index (χ2v) is 8.74. The topological polar surface area (TPSA) is 49.3 Å². The molecule has 30 heavy (non-hydrogen) atoms. The fraction of sp³-hybridized carbons (Fsp3) is 0.741. The lowest BCUT2D eigenvalue weighted by Crippen LogP contribution is -2.05. The van der Waals surface area contributed by atoms with E-state index < -0.39 is 6.61 Å². The summed E-state index contributed by atoms with van der Waals surface area (Å²) >= 11 is 0. The second kappa shape index (κ2) is 19.6. The molecule has 172 valence electrons. The van der Waals surface area contributed by atoms with E-state index in [1.165, 1.54) is 109 Å². The first-order valence-corrected chi connectivity index (χ1v) is 12.8. The second-order valence-electron chi connectivity index (χ2n) is 8.74. The van der Waals surface area contributed by atoms with Crippen molar-refractivity contribution in [3.05, 3.63) is 29.8 Å². The zero-order chi connectivity index (χ0) is 21.7. The van der Waals surface area contributed by atoms with Gasteiger partial charge in [0.1, 0.15) is 6.61 Å². The van der Waals surface area contributed by atoms with E-state index in [-0.39, 0.29) is 5.78 Å². The molecular formula is C27H47NO2. The molecule has 0 saturated heterocycles. The molecule has 0 atom stereocenters. The smallest absolute Gasteiger partial charge is 0.188 e. The maximum atomic E-state index is 11.4. The summed E-state index contributed by atoms with van der Waals surface area (Å²) in [5, 5.41) is 12.3. The molecule has 0 aliphatic carbocycles. The van der Waals surface area contributed by atoms with Crippen LogP contribution in [0.25, 0.3) is 0 Å². The Morgan fingerprint density at radius 2 is 1.07 bits per heavy atom. The minimum absolute atomic E-state index is 0.227. The van der Waals surface area contributed by atoms with E-state index in [9.17, 15) is 4.79 Å². The number of aliphatic hydroxyl groups is 1. The van der Waals surface area contributed by atoms with Gasteiger partial charge in [-0.05, 0) is 30.7 Å². The standard InChI is InChI=1S/C27H47NO2/c1-2-3-4-5-6-7-8-9-10-11-12-13-14-15-16-17-18-23-28-26-21-19-25(20-22-26)27(30)24-29/h19-22,28-29H,2-18,23-24H2,1H3. The number of nitrogens with one attached hydrogen (secondary N) is 1. The van der Waals surface area contributed by atoms with Crippen molar-refractivity contribution in [1.29, 1.82) is 0 Å². The van der Waals surface area contributed by atoms with Crippen LogP contribution in [0.2, 0.25) is 0 Å². The Hall–Kier alpha value is -1.35. The van der Waals surface area contributed by atoms with Gasteiger partial charge in [-0.25, -0.2) is 0 Å². The SMILES string of the molecule is CCCCCCCCCCCCCCCCCCCNc1ccc(C(=O)CO)cc1.